The highest BCUT2D eigenvalue weighted by atomic mass is 32.1. The number of carbonyl (C=O) groups is 2. The van der Waals surface area contributed by atoms with Gasteiger partial charge < -0.3 is 31.4 Å². The quantitative estimate of drug-likeness (QED) is 0.122. The number of aldehydes is 1. The first-order chi connectivity index (χ1) is 18.9. The summed E-state index contributed by atoms with van der Waals surface area (Å²) >= 11 is 1.29. The minimum atomic E-state index is -1.33. The predicted octanol–water partition coefficient (Wildman–Crippen LogP) is 3.22. The van der Waals surface area contributed by atoms with Gasteiger partial charge in [-0.15, -0.1) is 10.2 Å². The normalized spacial score (nSPS) is 12.1. The number of ether oxygens (including phenoxy) is 1. The summed E-state index contributed by atoms with van der Waals surface area (Å²) < 4.78 is 5.11. The summed E-state index contributed by atoms with van der Waals surface area (Å²) in [4.78, 5) is 22.3. The molecule has 0 aliphatic carbocycles. The number of nitrogens with two attached hydrogens (primary N) is 2. The van der Waals surface area contributed by atoms with Crippen LogP contribution in [0.5, 0.6) is 5.75 Å². The summed E-state index contributed by atoms with van der Waals surface area (Å²) in [6.07, 6.45) is 6.90. The monoisotopic (exact) mass is 552 g/mol. The standard InChI is InChI=1S/C20H28N6O3S.C8H8O/c1-23-16(22)11-10-14(21)7-3-4-9-17-25-26-20(30-17)24-19(28)18(27)13-6-5-8-15(12-13)29-2;9-7-6-8-4-2-1-3-5-8/h5-6,8,10-12,18,23,27H,3-4,7,9,21-22H2,1-2H3,(H,24,26,28);1-5,7H,6H2/b14-10-,16-11+;. The fourth-order valence-corrected chi connectivity index (χ4v) is 4.01. The molecule has 208 valence electrons. The number of aliphatic hydroxyl groups is 1. The zero-order valence-electron chi connectivity index (χ0n) is 22.2. The largest absolute Gasteiger partial charge is 0.497 e. The fraction of sp³-hybridized carbons (Fsp3) is 0.286. The molecule has 0 fully saturated rings. The van der Waals surface area contributed by atoms with Crippen molar-refractivity contribution >= 4 is 28.7 Å². The number of hydrogen-bond acceptors (Lipinski definition) is 10. The second-order valence-corrected chi connectivity index (χ2v) is 9.41. The van der Waals surface area contributed by atoms with Gasteiger partial charge in [0.2, 0.25) is 5.13 Å². The number of anilines is 1. The van der Waals surface area contributed by atoms with E-state index in [2.05, 4.69) is 20.8 Å². The summed E-state index contributed by atoms with van der Waals surface area (Å²) in [6, 6.07) is 16.4. The van der Waals surface area contributed by atoms with Crippen LogP contribution < -0.4 is 26.8 Å². The van der Waals surface area contributed by atoms with Gasteiger partial charge >= 0.3 is 0 Å². The Kier molecular flexibility index (Phi) is 13.8. The molecule has 7 N–H and O–H groups in total. The van der Waals surface area contributed by atoms with Crippen LogP contribution in [0.2, 0.25) is 0 Å². The maximum atomic E-state index is 12.3. The van der Waals surface area contributed by atoms with E-state index in [1.165, 1.54) is 18.4 Å². The van der Waals surface area contributed by atoms with Crippen LogP contribution in [-0.2, 0) is 22.4 Å². The minimum Gasteiger partial charge on any atom is -0.497 e. The molecule has 0 aliphatic heterocycles. The van der Waals surface area contributed by atoms with E-state index in [4.69, 9.17) is 16.2 Å². The number of aromatic nitrogens is 2. The zero-order valence-corrected chi connectivity index (χ0v) is 23.0. The van der Waals surface area contributed by atoms with E-state index in [0.717, 1.165) is 48.2 Å². The lowest BCUT2D eigenvalue weighted by atomic mass is 10.1. The van der Waals surface area contributed by atoms with Crippen LogP contribution in [0.25, 0.3) is 0 Å². The summed E-state index contributed by atoms with van der Waals surface area (Å²) in [6.45, 7) is 0. The van der Waals surface area contributed by atoms with Gasteiger partial charge in [-0.1, -0.05) is 53.8 Å². The minimum absolute atomic E-state index is 0.351. The van der Waals surface area contributed by atoms with Gasteiger partial charge in [-0.05, 0) is 54.7 Å². The van der Waals surface area contributed by atoms with Crippen LogP contribution in [0, 0.1) is 0 Å². The van der Waals surface area contributed by atoms with Crippen LogP contribution >= 0.6 is 11.3 Å². The molecule has 39 heavy (non-hydrogen) atoms. The van der Waals surface area contributed by atoms with Crippen molar-refractivity contribution in [3.05, 3.63) is 94.4 Å². The highest BCUT2D eigenvalue weighted by molar-refractivity contribution is 7.15. The molecule has 1 atom stereocenters. The molecule has 3 rings (SSSR count). The zero-order chi connectivity index (χ0) is 28.5. The topological polar surface area (TPSA) is 165 Å². The molecule has 0 spiro atoms. The van der Waals surface area contributed by atoms with E-state index in [9.17, 15) is 14.7 Å². The predicted molar refractivity (Wildman–Crippen MR) is 154 cm³/mol. The second-order valence-electron chi connectivity index (χ2n) is 8.35. The van der Waals surface area contributed by atoms with E-state index in [0.29, 0.717) is 28.7 Å². The smallest absolute Gasteiger partial charge is 0.259 e. The van der Waals surface area contributed by atoms with Crippen LogP contribution in [0.15, 0.2) is 78.3 Å². The van der Waals surface area contributed by atoms with E-state index in [1.54, 1.807) is 43.5 Å². The van der Waals surface area contributed by atoms with Crippen LogP contribution in [0.3, 0.4) is 0 Å². The van der Waals surface area contributed by atoms with Crippen molar-refractivity contribution in [3.63, 3.8) is 0 Å². The van der Waals surface area contributed by atoms with Gasteiger partial charge in [0.05, 0.1) is 12.9 Å². The van der Waals surface area contributed by atoms with Crippen LogP contribution in [-0.4, -0.2) is 41.7 Å². The van der Waals surface area contributed by atoms with E-state index in [1.807, 2.05) is 30.3 Å². The molecule has 0 aliphatic rings. The lowest BCUT2D eigenvalue weighted by Gasteiger charge is -2.11. The van der Waals surface area contributed by atoms with Gasteiger partial charge in [0, 0.05) is 25.6 Å². The van der Waals surface area contributed by atoms with Crippen LogP contribution in [0.4, 0.5) is 5.13 Å². The third-order valence-electron chi connectivity index (χ3n) is 5.39. The number of allylic oxidation sites excluding steroid dienone is 3. The van der Waals surface area contributed by atoms with E-state index >= 15 is 0 Å². The Bertz CT molecular complexity index is 1230. The number of aryl methyl sites for hydroxylation is 1. The first-order valence-electron chi connectivity index (χ1n) is 12.4. The second kappa shape index (κ2) is 17.3. The number of benzene rings is 2. The number of nitrogens with zero attached hydrogens (tertiary/aromatic N) is 2. The molecule has 0 saturated heterocycles. The van der Waals surface area contributed by atoms with Crippen molar-refractivity contribution in [2.45, 2.75) is 38.2 Å². The Hall–Kier alpha value is -4.22. The number of rotatable bonds is 13. The third-order valence-corrected chi connectivity index (χ3v) is 6.29. The molecule has 10 nitrogen and oxygen atoms in total. The molecule has 0 bridgehead atoms. The number of amides is 1. The Morgan fingerprint density at radius 1 is 1.10 bits per heavy atom. The molecular formula is C28H36N6O4S. The number of carbonyl (C=O) groups excluding carboxylic acids is 2. The number of unbranched alkanes of at least 4 members (excludes halogenated alkanes) is 1. The lowest BCUT2D eigenvalue weighted by molar-refractivity contribution is -0.124. The highest BCUT2D eigenvalue weighted by Gasteiger charge is 2.19. The number of methoxy groups -OCH3 is 1. The number of hydrogen-bond donors (Lipinski definition) is 5. The Balaban J connectivity index is 0.000000499. The number of aliphatic hydroxyl groups excluding tert-OH is 1. The van der Waals surface area contributed by atoms with E-state index in [-0.39, 0.29) is 0 Å². The highest BCUT2D eigenvalue weighted by Crippen LogP contribution is 2.22. The van der Waals surface area contributed by atoms with Crippen molar-refractivity contribution in [3.8, 4) is 5.75 Å². The summed E-state index contributed by atoms with van der Waals surface area (Å²) in [7, 11) is 3.27. The van der Waals surface area contributed by atoms with E-state index < -0.39 is 12.0 Å². The van der Waals surface area contributed by atoms with Crippen molar-refractivity contribution in [1.82, 2.24) is 15.5 Å². The van der Waals surface area contributed by atoms with Crippen molar-refractivity contribution < 1.29 is 19.4 Å². The molecule has 3 aromatic rings. The number of nitrogens with one attached hydrogen (secondary N) is 2. The lowest BCUT2D eigenvalue weighted by Crippen LogP contribution is -2.20. The summed E-state index contributed by atoms with van der Waals surface area (Å²) in [5.41, 5.74) is 13.8. The SMILES string of the molecule is CN/C(N)=C/C=C(\N)CCCCc1nnc(NC(=O)C(O)c2cccc(OC)c2)s1.O=CCc1ccccc1. The maximum Gasteiger partial charge on any atom is 0.259 e. The molecule has 0 radical (unpaired) electrons. The van der Waals surface area contributed by atoms with Gasteiger partial charge in [-0.2, -0.15) is 0 Å². The molecule has 0 saturated carbocycles. The molecule has 1 aromatic heterocycles. The molecule has 11 heteroatoms. The Morgan fingerprint density at radius 2 is 1.87 bits per heavy atom. The fourth-order valence-electron chi connectivity index (χ4n) is 3.22. The van der Waals surface area contributed by atoms with Gasteiger partial charge in [0.15, 0.2) is 6.10 Å². The summed E-state index contributed by atoms with van der Waals surface area (Å²) in [5.74, 6) is 0.547. The van der Waals surface area contributed by atoms with Gasteiger partial charge in [0.25, 0.3) is 5.91 Å². The molecular weight excluding hydrogens is 516 g/mol. The molecule has 1 amide bonds. The molecule has 1 unspecified atom stereocenters. The first-order valence-corrected chi connectivity index (χ1v) is 13.2. The van der Waals surface area contributed by atoms with Crippen molar-refractivity contribution in [1.29, 1.82) is 0 Å². The molecule has 1 heterocycles. The van der Waals surface area contributed by atoms with Gasteiger partial charge in [-0.3, -0.25) is 10.1 Å². The van der Waals surface area contributed by atoms with Crippen molar-refractivity contribution in [2.24, 2.45) is 11.5 Å². The Labute approximate surface area is 232 Å². The average molecular weight is 553 g/mol. The van der Waals surface area contributed by atoms with Gasteiger partial charge in [0.1, 0.15) is 17.0 Å². The average Bonchev–Trinajstić information content (AvgIpc) is 3.41. The third kappa shape index (κ3) is 11.8. The molecule has 2 aromatic carbocycles. The van der Waals surface area contributed by atoms with Crippen LogP contribution in [0.1, 0.15) is 41.5 Å². The first kappa shape index (κ1) is 31.0. The van der Waals surface area contributed by atoms with Gasteiger partial charge in [-0.25, -0.2) is 0 Å². The Morgan fingerprint density at radius 3 is 2.56 bits per heavy atom. The van der Waals surface area contributed by atoms with Crippen molar-refractivity contribution in [2.75, 3.05) is 19.5 Å². The maximum absolute atomic E-state index is 12.3. The summed E-state index contributed by atoms with van der Waals surface area (Å²) in [5, 5.41) is 24.9.